The predicted octanol–water partition coefficient (Wildman–Crippen LogP) is 2.82. The molecule has 0 radical (unpaired) electrons. The van der Waals surface area contributed by atoms with Gasteiger partial charge in [0, 0.05) is 29.8 Å². The van der Waals surface area contributed by atoms with Crippen molar-refractivity contribution >= 4 is 17.3 Å². The van der Waals surface area contributed by atoms with Crippen LogP contribution in [0.1, 0.15) is 19.4 Å². The number of hydrogen-bond donors (Lipinski definition) is 1. The van der Waals surface area contributed by atoms with Crippen molar-refractivity contribution in [3.05, 3.63) is 28.8 Å². The second kappa shape index (κ2) is 5.38. The van der Waals surface area contributed by atoms with Gasteiger partial charge >= 0.3 is 0 Å². The molecule has 0 saturated heterocycles. The lowest BCUT2D eigenvalue weighted by molar-refractivity contribution is 0.656. The maximum absolute atomic E-state index is 6.01. The van der Waals surface area contributed by atoms with Gasteiger partial charge in [-0.15, -0.1) is 0 Å². The highest BCUT2D eigenvalue weighted by molar-refractivity contribution is 6.30. The van der Waals surface area contributed by atoms with Crippen molar-refractivity contribution in [1.82, 2.24) is 0 Å². The lowest BCUT2D eigenvalue weighted by Crippen LogP contribution is -2.38. The van der Waals surface area contributed by atoms with Crippen LogP contribution in [0.15, 0.2) is 18.2 Å². The first-order valence-electron chi connectivity index (χ1n) is 5.33. The zero-order valence-corrected chi connectivity index (χ0v) is 10.4. The zero-order chi connectivity index (χ0) is 11.4. The van der Waals surface area contributed by atoms with Gasteiger partial charge in [0.25, 0.3) is 0 Å². The molecular weight excluding hydrogens is 208 g/mol. The fourth-order valence-electron chi connectivity index (χ4n) is 1.74. The van der Waals surface area contributed by atoms with Crippen LogP contribution in [0.5, 0.6) is 0 Å². The quantitative estimate of drug-likeness (QED) is 0.856. The Hall–Kier alpha value is -0.730. The highest BCUT2D eigenvalue weighted by atomic mass is 35.5. The first kappa shape index (κ1) is 12.3. The summed E-state index contributed by atoms with van der Waals surface area (Å²) in [4.78, 5) is 2.28. The minimum atomic E-state index is 0.340. The fourth-order valence-corrected chi connectivity index (χ4v) is 1.91. The minimum absolute atomic E-state index is 0.340. The number of nitrogens with zero attached hydrogens (tertiary/aromatic N) is 1. The summed E-state index contributed by atoms with van der Waals surface area (Å²) in [5.74, 6) is 0. The zero-order valence-electron chi connectivity index (χ0n) is 9.63. The van der Waals surface area contributed by atoms with Crippen molar-refractivity contribution in [1.29, 1.82) is 0 Å². The van der Waals surface area contributed by atoms with Crippen LogP contribution in [0.25, 0.3) is 0 Å². The van der Waals surface area contributed by atoms with Gasteiger partial charge < -0.3 is 10.6 Å². The van der Waals surface area contributed by atoms with Gasteiger partial charge in [-0.3, -0.25) is 0 Å². The summed E-state index contributed by atoms with van der Waals surface area (Å²) >= 11 is 6.01. The Bertz CT molecular complexity index is 325. The van der Waals surface area contributed by atoms with Gasteiger partial charge in [0.2, 0.25) is 0 Å². The highest BCUT2D eigenvalue weighted by Gasteiger charge is 2.13. The van der Waals surface area contributed by atoms with E-state index < -0.39 is 0 Å². The molecule has 0 aliphatic rings. The first-order chi connectivity index (χ1) is 7.10. The molecule has 84 valence electrons. The number of rotatable bonds is 4. The monoisotopic (exact) mass is 226 g/mol. The van der Waals surface area contributed by atoms with Crippen LogP contribution < -0.4 is 10.6 Å². The maximum atomic E-state index is 6.01. The van der Waals surface area contributed by atoms with E-state index in [4.69, 9.17) is 17.3 Å². The predicted molar refractivity (Wildman–Crippen MR) is 67.7 cm³/mol. The molecule has 2 nitrogen and oxygen atoms in total. The smallest absolute Gasteiger partial charge is 0.0426 e. The van der Waals surface area contributed by atoms with Crippen LogP contribution in [0.2, 0.25) is 5.02 Å². The fraction of sp³-hybridized carbons (Fsp3) is 0.500. The molecule has 1 aromatic rings. The number of anilines is 1. The van der Waals surface area contributed by atoms with Crippen molar-refractivity contribution < 1.29 is 0 Å². The van der Waals surface area contributed by atoms with Crippen LogP contribution in [0, 0.1) is 6.92 Å². The second-order valence-corrected chi connectivity index (χ2v) is 4.24. The second-order valence-electron chi connectivity index (χ2n) is 3.80. The van der Waals surface area contributed by atoms with Crippen molar-refractivity contribution in [2.45, 2.75) is 26.8 Å². The Morgan fingerprint density at radius 2 is 2.13 bits per heavy atom. The van der Waals surface area contributed by atoms with Crippen molar-refractivity contribution in [2.24, 2.45) is 5.73 Å². The SMILES string of the molecule is CCN(c1cc(Cl)ccc1C)C(C)CN. The number of nitrogens with two attached hydrogens (primary N) is 1. The molecule has 0 aromatic heterocycles. The molecule has 0 saturated carbocycles. The number of hydrogen-bond acceptors (Lipinski definition) is 2. The third-order valence-corrected chi connectivity index (χ3v) is 2.93. The normalized spacial score (nSPS) is 12.6. The Balaban J connectivity index is 3.05. The van der Waals surface area contributed by atoms with Gasteiger partial charge in [0.05, 0.1) is 0 Å². The Morgan fingerprint density at radius 1 is 1.47 bits per heavy atom. The van der Waals surface area contributed by atoms with Crippen LogP contribution in [-0.4, -0.2) is 19.1 Å². The summed E-state index contributed by atoms with van der Waals surface area (Å²) in [6.45, 7) is 7.95. The van der Waals surface area contributed by atoms with E-state index in [9.17, 15) is 0 Å². The number of halogens is 1. The lowest BCUT2D eigenvalue weighted by Gasteiger charge is -2.30. The molecule has 0 aliphatic carbocycles. The van der Waals surface area contributed by atoms with Crippen LogP contribution >= 0.6 is 11.6 Å². The van der Waals surface area contributed by atoms with E-state index in [1.165, 1.54) is 11.3 Å². The summed E-state index contributed by atoms with van der Waals surface area (Å²) < 4.78 is 0. The van der Waals surface area contributed by atoms with E-state index in [1.54, 1.807) is 0 Å². The van der Waals surface area contributed by atoms with Gasteiger partial charge in [0.15, 0.2) is 0 Å². The molecule has 0 aliphatic heterocycles. The van der Waals surface area contributed by atoms with Gasteiger partial charge in [0.1, 0.15) is 0 Å². The van der Waals surface area contributed by atoms with Gasteiger partial charge in [-0.1, -0.05) is 17.7 Å². The molecule has 0 fully saturated rings. The van der Waals surface area contributed by atoms with Crippen molar-refractivity contribution in [2.75, 3.05) is 18.0 Å². The summed E-state index contributed by atoms with van der Waals surface area (Å²) in [6, 6.07) is 6.31. The largest absolute Gasteiger partial charge is 0.368 e. The molecule has 2 N–H and O–H groups in total. The van der Waals surface area contributed by atoms with Crippen molar-refractivity contribution in [3.8, 4) is 0 Å². The molecule has 1 unspecified atom stereocenters. The Morgan fingerprint density at radius 3 is 2.67 bits per heavy atom. The maximum Gasteiger partial charge on any atom is 0.0426 e. The van der Waals surface area contributed by atoms with Crippen LogP contribution in [-0.2, 0) is 0 Å². The average molecular weight is 227 g/mol. The molecule has 0 amide bonds. The van der Waals surface area contributed by atoms with Crippen molar-refractivity contribution in [3.63, 3.8) is 0 Å². The molecule has 0 bridgehead atoms. The highest BCUT2D eigenvalue weighted by Crippen LogP contribution is 2.25. The molecule has 3 heteroatoms. The Labute approximate surface area is 97.0 Å². The van der Waals surface area contributed by atoms with Gasteiger partial charge in [-0.05, 0) is 38.5 Å². The summed E-state index contributed by atoms with van der Waals surface area (Å²) in [5, 5.41) is 0.776. The lowest BCUT2D eigenvalue weighted by atomic mass is 10.1. The topological polar surface area (TPSA) is 29.3 Å². The first-order valence-corrected chi connectivity index (χ1v) is 5.70. The molecule has 1 atom stereocenters. The molecule has 0 spiro atoms. The van der Waals surface area contributed by atoms with E-state index in [-0.39, 0.29) is 0 Å². The molecule has 1 aromatic carbocycles. The minimum Gasteiger partial charge on any atom is -0.368 e. The molecule has 15 heavy (non-hydrogen) atoms. The summed E-state index contributed by atoms with van der Waals surface area (Å²) in [7, 11) is 0. The van der Waals surface area contributed by atoms with E-state index in [1.807, 2.05) is 18.2 Å². The van der Waals surface area contributed by atoms with E-state index in [0.29, 0.717) is 12.6 Å². The van der Waals surface area contributed by atoms with Gasteiger partial charge in [-0.25, -0.2) is 0 Å². The number of aryl methyl sites for hydroxylation is 1. The van der Waals surface area contributed by atoms with E-state index in [2.05, 4.69) is 25.7 Å². The molecule has 0 heterocycles. The van der Waals surface area contributed by atoms with Crippen LogP contribution in [0.3, 0.4) is 0 Å². The average Bonchev–Trinajstić information content (AvgIpc) is 2.23. The summed E-state index contributed by atoms with van der Waals surface area (Å²) in [5.41, 5.74) is 8.12. The number of likely N-dealkylation sites (N-methyl/N-ethyl adjacent to an activating group) is 1. The third-order valence-electron chi connectivity index (χ3n) is 2.69. The standard InChI is InChI=1S/C12H19ClN2/c1-4-15(10(3)8-14)12-7-11(13)6-5-9(12)2/h5-7,10H,4,8,14H2,1-3H3. The van der Waals surface area contributed by atoms with Gasteiger partial charge in [-0.2, -0.15) is 0 Å². The molecular formula is C12H19ClN2. The Kier molecular flexibility index (Phi) is 4.43. The summed E-state index contributed by atoms with van der Waals surface area (Å²) in [6.07, 6.45) is 0. The van der Waals surface area contributed by atoms with E-state index >= 15 is 0 Å². The molecule has 1 rings (SSSR count). The van der Waals surface area contributed by atoms with Crippen LogP contribution in [0.4, 0.5) is 5.69 Å². The van der Waals surface area contributed by atoms with E-state index in [0.717, 1.165) is 11.6 Å². The third kappa shape index (κ3) is 2.86. The number of benzene rings is 1.